The van der Waals surface area contributed by atoms with E-state index in [0.717, 1.165) is 11.0 Å². The second-order valence-corrected chi connectivity index (χ2v) is 3.51. The Labute approximate surface area is 91.4 Å². The Balaban J connectivity index is 2.76. The van der Waals surface area contributed by atoms with E-state index in [1.807, 2.05) is 18.2 Å². The Bertz CT molecular complexity index is 530. The van der Waals surface area contributed by atoms with Crippen LogP contribution in [0.3, 0.4) is 0 Å². The molecule has 0 amide bonds. The van der Waals surface area contributed by atoms with Crippen molar-refractivity contribution in [3.05, 3.63) is 28.7 Å². The number of rotatable bonds is 3. The van der Waals surface area contributed by atoms with E-state index in [4.69, 9.17) is 16.3 Å². The van der Waals surface area contributed by atoms with Gasteiger partial charge in [-0.25, -0.2) is 4.79 Å². The average Bonchev–Trinajstić information content (AvgIpc) is 2.56. The lowest BCUT2D eigenvalue weighted by Crippen LogP contribution is -2.17. The molecular weight excluding hydrogens is 216 g/mol. The molecule has 80 valence electrons. The molecule has 0 atom stereocenters. The molecule has 0 saturated heterocycles. The maximum Gasteiger partial charge on any atom is 0.326 e. The van der Waals surface area contributed by atoms with E-state index in [9.17, 15) is 4.79 Å². The molecule has 1 aromatic carbocycles. The number of aromatic nitrogens is 2. The monoisotopic (exact) mass is 226 g/mol. The van der Waals surface area contributed by atoms with Crippen molar-refractivity contribution in [3.8, 4) is 5.75 Å². The molecule has 0 aliphatic heterocycles. The zero-order valence-electron chi connectivity index (χ0n) is 8.29. The molecule has 0 bridgehead atoms. The summed E-state index contributed by atoms with van der Waals surface area (Å²) in [6.07, 6.45) is 0. The molecule has 0 aliphatic carbocycles. The first-order valence-corrected chi connectivity index (χ1v) is 5.13. The summed E-state index contributed by atoms with van der Waals surface area (Å²) in [5.74, 6) is 1.07. The number of aromatic amines is 1. The van der Waals surface area contributed by atoms with E-state index in [-0.39, 0.29) is 5.69 Å². The SMILES string of the molecule is COc1cccc2[nH]c(=O)n(CCCl)c12. The van der Waals surface area contributed by atoms with Crippen molar-refractivity contribution in [1.82, 2.24) is 9.55 Å². The smallest absolute Gasteiger partial charge is 0.326 e. The van der Waals surface area contributed by atoms with Gasteiger partial charge in [0.2, 0.25) is 0 Å². The molecule has 0 aliphatic rings. The Hall–Kier alpha value is -1.42. The number of imidazole rings is 1. The zero-order valence-corrected chi connectivity index (χ0v) is 9.04. The normalized spacial score (nSPS) is 10.8. The molecule has 0 radical (unpaired) electrons. The number of para-hydroxylation sites is 1. The molecule has 0 spiro atoms. The minimum atomic E-state index is -0.157. The van der Waals surface area contributed by atoms with Crippen LogP contribution in [0.4, 0.5) is 0 Å². The Morgan fingerprint density at radius 3 is 3.00 bits per heavy atom. The van der Waals surface area contributed by atoms with Gasteiger partial charge in [-0.15, -0.1) is 11.6 Å². The zero-order chi connectivity index (χ0) is 10.8. The predicted molar refractivity (Wildman–Crippen MR) is 59.8 cm³/mol. The van der Waals surface area contributed by atoms with Crippen molar-refractivity contribution in [2.45, 2.75) is 6.54 Å². The summed E-state index contributed by atoms with van der Waals surface area (Å²) >= 11 is 5.65. The molecule has 0 saturated carbocycles. The summed E-state index contributed by atoms with van der Waals surface area (Å²) in [5.41, 5.74) is 1.38. The number of fused-ring (bicyclic) bond motifs is 1. The minimum absolute atomic E-state index is 0.157. The highest BCUT2D eigenvalue weighted by Crippen LogP contribution is 2.22. The largest absolute Gasteiger partial charge is 0.494 e. The van der Waals surface area contributed by atoms with Gasteiger partial charge in [-0.2, -0.15) is 0 Å². The summed E-state index contributed by atoms with van der Waals surface area (Å²) in [5, 5.41) is 0. The molecular formula is C10H11ClN2O2. The number of halogens is 1. The van der Waals surface area contributed by atoms with Crippen molar-refractivity contribution >= 4 is 22.6 Å². The fourth-order valence-corrected chi connectivity index (χ4v) is 1.82. The second-order valence-electron chi connectivity index (χ2n) is 3.13. The molecule has 1 aromatic heterocycles. The number of hydrogen-bond donors (Lipinski definition) is 1. The van der Waals surface area contributed by atoms with Crippen LogP contribution < -0.4 is 10.4 Å². The van der Waals surface area contributed by atoms with Gasteiger partial charge in [-0.3, -0.25) is 4.57 Å². The van der Waals surface area contributed by atoms with E-state index in [1.54, 1.807) is 11.7 Å². The fraction of sp³-hybridized carbons (Fsp3) is 0.300. The summed E-state index contributed by atoms with van der Waals surface area (Å²) in [4.78, 5) is 14.3. The number of benzene rings is 1. The van der Waals surface area contributed by atoms with E-state index >= 15 is 0 Å². The quantitative estimate of drug-likeness (QED) is 0.808. The van der Waals surface area contributed by atoms with Crippen LogP contribution in [0.1, 0.15) is 0 Å². The van der Waals surface area contributed by atoms with Crippen molar-refractivity contribution in [2.24, 2.45) is 0 Å². The molecule has 1 heterocycles. The Kier molecular flexibility index (Phi) is 2.68. The first kappa shape index (κ1) is 10.1. The van der Waals surface area contributed by atoms with Crippen LogP contribution in [0.5, 0.6) is 5.75 Å². The third kappa shape index (κ3) is 1.61. The highest BCUT2D eigenvalue weighted by Gasteiger charge is 2.10. The fourth-order valence-electron chi connectivity index (χ4n) is 1.65. The molecule has 4 nitrogen and oxygen atoms in total. The number of hydrogen-bond acceptors (Lipinski definition) is 2. The van der Waals surface area contributed by atoms with Gasteiger partial charge in [0.05, 0.1) is 12.6 Å². The summed E-state index contributed by atoms with van der Waals surface area (Å²) in [7, 11) is 1.58. The van der Waals surface area contributed by atoms with Gasteiger partial charge in [0.25, 0.3) is 0 Å². The van der Waals surface area contributed by atoms with E-state index in [2.05, 4.69) is 4.98 Å². The number of H-pyrrole nitrogens is 1. The topological polar surface area (TPSA) is 47.0 Å². The first-order valence-electron chi connectivity index (χ1n) is 4.59. The lowest BCUT2D eigenvalue weighted by atomic mass is 10.3. The molecule has 5 heteroatoms. The second kappa shape index (κ2) is 3.98. The third-order valence-electron chi connectivity index (χ3n) is 2.28. The third-order valence-corrected chi connectivity index (χ3v) is 2.45. The Morgan fingerprint density at radius 1 is 1.53 bits per heavy atom. The van der Waals surface area contributed by atoms with E-state index < -0.39 is 0 Å². The maximum absolute atomic E-state index is 11.6. The lowest BCUT2D eigenvalue weighted by molar-refractivity contribution is 0.417. The summed E-state index contributed by atoms with van der Waals surface area (Å²) < 4.78 is 6.79. The molecule has 1 N–H and O–H groups in total. The van der Waals surface area contributed by atoms with Gasteiger partial charge < -0.3 is 9.72 Å². The number of alkyl halides is 1. The number of aryl methyl sites for hydroxylation is 1. The standard InChI is InChI=1S/C10H11ClN2O2/c1-15-8-4-2-3-7-9(8)13(6-5-11)10(14)12-7/h2-4H,5-6H2,1H3,(H,12,14). The molecule has 0 fully saturated rings. The molecule has 15 heavy (non-hydrogen) atoms. The van der Waals surface area contributed by atoms with Gasteiger partial charge in [-0.05, 0) is 12.1 Å². The van der Waals surface area contributed by atoms with Crippen LogP contribution in [0.2, 0.25) is 0 Å². The van der Waals surface area contributed by atoms with Crippen LogP contribution in [0, 0.1) is 0 Å². The highest BCUT2D eigenvalue weighted by atomic mass is 35.5. The first-order chi connectivity index (χ1) is 7.27. The van der Waals surface area contributed by atoms with Crippen LogP contribution in [-0.4, -0.2) is 22.5 Å². The summed E-state index contributed by atoms with van der Waals surface area (Å²) in [6, 6.07) is 5.49. The number of ether oxygens (including phenoxy) is 1. The van der Waals surface area contributed by atoms with Crippen molar-refractivity contribution in [1.29, 1.82) is 0 Å². The number of nitrogens with zero attached hydrogens (tertiary/aromatic N) is 1. The molecule has 2 aromatic rings. The van der Waals surface area contributed by atoms with Crippen LogP contribution in [0.15, 0.2) is 23.0 Å². The number of nitrogens with one attached hydrogen (secondary N) is 1. The highest BCUT2D eigenvalue weighted by molar-refractivity contribution is 6.17. The van der Waals surface area contributed by atoms with E-state index in [1.165, 1.54) is 0 Å². The van der Waals surface area contributed by atoms with Gasteiger partial charge in [-0.1, -0.05) is 6.07 Å². The minimum Gasteiger partial charge on any atom is -0.494 e. The van der Waals surface area contributed by atoms with Gasteiger partial charge in [0.15, 0.2) is 0 Å². The Morgan fingerprint density at radius 2 is 2.33 bits per heavy atom. The van der Waals surface area contributed by atoms with Gasteiger partial charge in [0, 0.05) is 12.4 Å². The van der Waals surface area contributed by atoms with Crippen molar-refractivity contribution in [2.75, 3.05) is 13.0 Å². The lowest BCUT2D eigenvalue weighted by Gasteiger charge is -2.04. The van der Waals surface area contributed by atoms with Gasteiger partial charge in [0.1, 0.15) is 11.3 Å². The van der Waals surface area contributed by atoms with Gasteiger partial charge >= 0.3 is 5.69 Å². The maximum atomic E-state index is 11.6. The van der Waals surface area contributed by atoms with Crippen LogP contribution in [0.25, 0.3) is 11.0 Å². The summed E-state index contributed by atoms with van der Waals surface area (Å²) in [6.45, 7) is 0.473. The average molecular weight is 227 g/mol. The molecule has 2 rings (SSSR count). The van der Waals surface area contributed by atoms with Crippen LogP contribution >= 0.6 is 11.6 Å². The van der Waals surface area contributed by atoms with E-state index in [0.29, 0.717) is 18.2 Å². The number of methoxy groups -OCH3 is 1. The predicted octanol–water partition coefficient (Wildman–Crippen LogP) is 1.58. The van der Waals surface area contributed by atoms with Crippen molar-refractivity contribution < 1.29 is 4.74 Å². The van der Waals surface area contributed by atoms with Crippen molar-refractivity contribution in [3.63, 3.8) is 0 Å². The molecule has 0 unspecified atom stereocenters. The van der Waals surface area contributed by atoms with Crippen LogP contribution in [-0.2, 0) is 6.54 Å².